The van der Waals surface area contributed by atoms with Gasteiger partial charge < -0.3 is 5.73 Å². The summed E-state index contributed by atoms with van der Waals surface area (Å²) in [5, 5.41) is 4.16. The number of halogens is 3. The second-order valence-electron chi connectivity index (χ2n) is 3.80. The Labute approximate surface area is 105 Å². The van der Waals surface area contributed by atoms with Crippen LogP contribution in [-0.2, 0) is 13.6 Å². The highest BCUT2D eigenvalue weighted by Gasteiger charge is 2.28. The lowest BCUT2D eigenvalue weighted by Gasteiger charge is -2.08. The Morgan fingerprint density at radius 2 is 2.06 bits per heavy atom. The number of rotatable bonds is 3. The highest BCUT2D eigenvalue weighted by Crippen LogP contribution is 2.30. The molecule has 0 bridgehead atoms. The maximum absolute atomic E-state index is 12.1. The number of fused-ring (bicyclic) bond motifs is 1. The van der Waals surface area contributed by atoms with Crippen molar-refractivity contribution in [2.75, 3.05) is 11.5 Å². The molecule has 0 amide bonds. The minimum atomic E-state index is -4.23. The summed E-state index contributed by atoms with van der Waals surface area (Å²) in [4.78, 5) is 4.12. The van der Waals surface area contributed by atoms with E-state index in [4.69, 9.17) is 5.73 Å². The summed E-state index contributed by atoms with van der Waals surface area (Å²) in [5.41, 5.74) is 3.47. The van der Waals surface area contributed by atoms with Crippen molar-refractivity contribution in [1.82, 2.24) is 19.3 Å². The summed E-state index contributed by atoms with van der Waals surface area (Å²) >= 11 is -0.0721. The van der Waals surface area contributed by atoms with Crippen LogP contribution in [0, 0.1) is 6.92 Å². The molecule has 0 saturated carbocycles. The van der Waals surface area contributed by atoms with Crippen LogP contribution in [0.2, 0.25) is 0 Å². The van der Waals surface area contributed by atoms with Gasteiger partial charge in [-0.15, -0.1) is 0 Å². The highest BCUT2D eigenvalue weighted by atomic mass is 32.2. The second kappa shape index (κ2) is 4.38. The number of hydrogen-bond acceptors (Lipinski definition) is 4. The molecular weight excluding hydrogens is 267 g/mol. The fourth-order valence-electron chi connectivity index (χ4n) is 1.82. The van der Waals surface area contributed by atoms with Gasteiger partial charge >= 0.3 is 5.51 Å². The van der Waals surface area contributed by atoms with Gasteiger partial charge in [-0.1, -0.05) is 0 Å². The average molecular weight is 279 g/mol. The third-order valence-electron chi connectivity index (χ3n) is 2.50. The molecular formula is C9H12F3N5S. The summed E-state index contributed by atoms with van der Waals surface area (Å²) in [7, 11) is 1.71. The van der Waals surface area contributed by atoms with Gasteiger partial charge in [0, 0.05) is 19.3 Å². The highest BCUT2D eigenvalue weighted by molar-refractivity contribution is 8.00. The molecule has 0 unspecified atom stereocenters. The predicted octanol–water partition coefficient (Wildman–Crippen LogP) is 1.91. The fraction of sp³-hybridized carbons (Fsp3) is 0.556. The first-order valence-corrected chi connectivity index (χ1v) is 6.14. The molecule has 0 spiro atoms. The third-order valence-corrected chi connectivity index (χ3v) is 3.21. The topological polar surface area (TPSA) is 61.7 Å². The Kier molecular flexibility index (Phi) is 3.18. The lowest BCUT2D eigenvalue weighted by molar-refractivity contribution is -0.0328. The van der Waals surface area contributed by atoms with Crippen LogP contribution < -0.4 is 5.73 Å². The number of alkyl halides is 3. The molecule has 2 N–H and O–H groups in total. The van der Waals surface area contributed by atoms with Crippen molar-refractivity contribution in [3.63, 3.8) is 0 Å². The zero-order valence-electron chi connectivity index (χ0n) is 9.82. The van der Waals surface area contributed by atoms with Crippen molar-refractivity contribution >= 4 is 28.9 Å². The van der Waals surface area contributed by atoms with E-state index < -0.39 is 5.51 Å². The van der Waals surface area contributed by atoms with E-state index in [0.29, 0.717) is 16.9 Å². The summed E-state index contributed by atoms with van der Waals surface area (Å²) in [6.07, 6.45) is 0. The number of nitrogens with two attached hydrogens (primary N) is 1. The van der Waals surface area contributed by atoms with Crippen LogP contribution in [-0.4, -0.2) is 30.6 Å². The SMILES string of the molecule is Cc1nn(C)c2c1nc(N)n2CCSC(F)(F)F. The largest absolute Gasteiger partial charge is 0.441 e. The van der Waals surface area contributed by atoms with Gasteiger partial charge in [-0.2, -0.15) is 18.3 Å². The minimum Gasteiger partial charge on any atom is -0.369 e. The predicted molar refractivity (Wildman–Crippen MR) is 64.2 cm³/mol. The molecule has 9 heteroatoms. The zero-order chi connectivity index (χ0) is 13.5. The number of nitrogen functional groups attached to an aromatic ring is 1. The van der Waals surface area contributed by atoms with Crippen LogP contribution in [0.25, 0.3) is 11.2 Å². The van der Waals surface area contributed by atoms with E-state index >= 15 is 0 Å². The maximum Gasteiger partial charge on any atom is 0.441 e. The summed E-state index contributed by atoms with van der Waals surface area (Å²) in [6, 6.07) is 0. The second-order valence-corrected chi connectivity index (χ2v) is 4.96. The molecule has 2 aromatic rings. The van der Waals surface area contributed by atoms with Gasteiger partial charge in [-0.25, -0.2) is 4.98 Å². The van der Waals surface area contributed by atoms with E-state index in [2.05, 4.69) is 10.1 Å². The number of imidazole rings is 1. The van der Waals surface area contributed by atoms with Gasteiger partial charge in [0.15, 0.2) is 5.65 Å². The minimum absolute atomic E-state index is 0.0721. The number of aromatic nitrogens is 4. The lowest BCUT2D eigenvalue weighted by atomic mass is 10.4. The van der Waals surface area contributed by atoms with Gasteiger partial charge in [-0.05, 0) is 18.7 Å². The number of thioether (sulfide) groups is 1. The van der Waals surface area contributed by atoms with Crippen molar-refractivity contribution < 1.29 is 13.2 Å². The van der Waals surface area contributed by atoms with Crippen molar-refractivity contribution in [3.8, 4) is 0 Å². The molecule has 0 fully saturated rings. The fourth-order valence-corrected chi connectivity index (χ4v) is 2.33. The average Bonchev–Trinajstić information content (AvgIpc) is 2.66. The molecule has 2 heterocycles. The molecule has 0 radical (unpaired) electrons. The molecule has 0 saturated heterocycles. The Morgan fingerprint density at radius 3 is 2.67 bits per heavy atom. The van der Waals surface area contributed by atoms with E-state index in [-0.39, 0.29) is 30.0 Å². The first-order chi connectivity index (χ1) is 8.29. The van der Waals surface area contributed by atoms with Crippen LogP contribution in [0.15, 0.2) is 0 Å². The van der Waals surface area contributed by atoms with Crippen LogP contribution in [0.5, 0.6) is 0 Å². The number of anilines is 1. The van der Waals surface area contributed by atoms with Crippen LogP contribution in [0.3, 0.4) is 0 Å². The summed E-state index contributed by atoms with van der Waals surface area (Å²) < 4.78 is 39.3. The van der Waals surface area contributed by atoms with Crippen molar-refractivity contribution in [2.45, 2.75) is 19.0 Å². The molecule has 0 aliphatic heterocycles. The zero-order valence-corrected chi connectivity index (χ0v) is 10.6. The van der Waals surface area contributed by atoms with Gasteiger partial charge in [-0.3, -0.25) is 9.25 Å². The lowest BCUT2D eigenvalue weighted by Crippen LogP contribution is -2.11. The van der Waals surface area contributed by atoms with E-state index in [1.165, 1.54) is 0 Å². The van der Waals surface area contributed by atoms with E-state index in [9.17, 15) is 13.2 Å². The first-order valence-electron chi connectivity index (χ1n) is 5.15. The van der Waals surface area contributed by atoms with E-state index in [1.807, 2.05) is 0 Å². The molecule has 0 atom stereocenters. The number of hydrogen-bond donors (Lipinski definition) is 1. The molecule has 5 nitrogen and oxygen atoms in total. The smallest absolute Gasteiger partial charge is 0.369 e. The van der Waals surface area contributed by atoms with Crippen LogP contribution in [0.1, 0.15) is 5.69 Å². The molecule has 0 aliphatic rings. The van der Waals surface area contributed by atoms with Crippen molar-refractivity contribution in [2.24, 2.45) is 7.05 Å². The van der Waals surface area contributed by atoms with Crippen LogP contribution in [0.4, 0.5) is 19.1 Å². The Balaban J connectivity index is 2.25. The van der Waals surface area contributed by atoms with E-state index in [1.54, 1.807) is 23.2 Å². The molecule has 0 aliphatic carbocycles. The Morgan fingerprint density at radius 1 is 1.39 bits per heavy atom. The van der Waals surface area contributed by atoms with Crippen molar-refractivity contribution in [3.05, 3.63) is 5.69 Å². The molecule has 2 aromatic heterocycles. The monoisotopic (exact) mass is 279 g/mol. The van der Waals surface area contributed by atoms with Crippen molar-refractivity contribution in [1.29, 1.82) is 0 Å². The van der Waals surface area contributed by atoms with Gasteiger partial charge in [0.1, 0.15) is 5.52 Å². The third kappa shape index (κ3) is 2.40. The number of nitrogens with zero attached hydrogens (tertiary/aromatic N) is 4. The maximum atomic E-state index is 12.1. The summed E-state index contributed by atoms with van der Waals surface area (Å²) in [6.45, 7) is 1.93. The summed E-state index contributed by atoms with van der Waals surface area (Å²) in [5.74, 6) is 0.104. The number of aryl methyl sites for hydroxylation is 3. The molecule has 100 valence electrons. The Bertz CT molecular complexity index is 571. The quantitative estimate of drug-likeness (QED) is 0.932. The van der Waals surface area contributed by atoms with E-state index in [0.717, 1.165) is 0 Å². The first kappa shape index (κ1) is 13.1. The molecule has 0 aromatic carbocycles. The standard InChI is InChI=1S/C9H12F3N5S/c1-5-6-7(16(2)15-5)17(8(13)14-6)3-4-18-9(10,11)12/h3-4H2,1-2H3,(H2,13,14). The molecule has 2 rings (SSSR count). The van der Waals surface area contributed by atoms with Gasteiger partial charge in [0.05, 0.1) is 5.69 Å². The van der Waals surface area contributed by atoms with Crippen LogP contribution >= 0.6 is 11.8 Å². The molecule has 18 heavy (non-hydrogen) atoms. The van der Waals surface area contributed by atoms with Gasteiger partial charge in [0.25, 0.3) is 0 Å². The van der Waals surface area contributed by atoms with Gasteiger partial charge in [0.2, 0.25) is 5.95 Å². The Hall–Kier alpha value is -1.38. The normalized spacial score (nSPS) is 12.5.